The number of rotatable bonds is 1. The van der Waals surface area contributed by atoms with Gasteiger partial charge in [0.05, 0.1) is 10.0 Å². The molecule has 2 N–H and O–H groups in total. The van der Waals surface area contributed by atoms with E-state index in [1.54, 1.807) is 11.0 Å². The summed E-state index contributed by atoms with van der Waals surface area (Å²) in [7, 11) is 0. The maximum atomic E-state index is 11.7. The van der Waals surface area contributed by atoms with E-state index in [-0.39, 0.29) is 5.91 Å². The average Bonchev–Trinajstić information content (AvgIpc) is 2.06. The number of pyridine rings is 1. The number of hydrogen-bond acceptors (Lipinski definition) is 3. The van der Waals surface area contributed by atoms with Crippen LogP contribution >= 0.6 is 15.9 Å². The van der Waals surface area contributed by atoms with Gasteiger partial charge in [0.2, 0.25) is 0 Å². The Morgan fingerprint density at radius 2 is 2.29 bits per heavy atom. The van der Waals surface area contributed by atoms with Gasteiger partial charge in [0.25, 0.3) is 5.91 Å². The van der Waals surface area contributed by atoms with Gasteiger partial charge in [-0.3, -0.25) is 4.79 Å². The van der Waals surface area contributed by atoms with E-state index in [1.165, 1.54) is 6.20 Å². The zero-order valence-electron chi connectivity index (χ0n) is 7.53. The van der Waals surface area contributed by atoms with Gasteiger partial charge in [0.15, 0.2) is 0 Å². The maximum Gasteiger partial charge on any atom is 0.255 e. The van der Waals surface area contributed by atoms with Gasteiger partial charge in [-0.2, -0.15) is 0 Å². The highest BCUT2D eigenvalue weighted by molar-refractivity contribution is 9.10. The molecule has 1 aromatic rings. The van der Waals surface area contributed by atoms with Crippen molar-refractivity contribution in [2.45, 2.75) is 6.42 Å². The first kappa shape index (κ1) is 9.45. The highest BCUT2D eigenvalue weighted by Crippen LogP contribution is 2.20. The molecule has 0 saturated carbocycles. The molecular formula is C9H10BrN3O. The molecule has 74 valence electrons. The molecule has 2 rings (SSSR count). The second-order valence-corrected chi connectivity index (χ2v) is 4.09. The Morgan fingerprint density at radius 3 is 2.79 bits per heavy atom. The van der Waals surface area contributed by atoms with Crippen LogP contribution in [-0.2, 0) is 0 Å². The second-order valence-electron chi connectivity index (χ2n) is 3.24. The highest BCUT2D eigenvalue weighted by atomic mass is 79.9. The van der Waals surface area contributed by atoms with Crippen molar-refractivity contribution in [2.75, 3.05) is 18.8 Å². The summed E-state index contributed by atoms with van der Waals surface area (Å²) < 4.78 is 0.670. The van der Waals surface area contributed by atoms with Crippen LogP contribution in [0.25, 0.3) is 0 Å². The molecule has 0 unspecified atom stereocenters. The normalized spacial score (nSPS) is 15.1. The number of nitrogens with two attached hydrogens (primary N) is 1. The number of carbonyl (C=O) groups is 1. The van der Waals surface area contributed by atoms with Crippen LogP contribution in [0.1, 0.15) is 16.8 Å². The number of nitrogens with zero attached hydrogens (tertiary/aromatic N) is 2. The van der Waals surface area contributed by atoms with Crippen LogP contribution in [0.2, 0.25) is 0 Å². The highest BCUT2D eigenvalue weighted by Gasteiger charge is 2.22. The predicted octanol–water partition coefficient (Wildman–Crippen LogP) is 1.27. The predicted molar refractivity (Wildman–Crippen MR) is 56.9 cm³/mol. The van der Waals surface area contributed by atoms with Gasteiger partial charge in [0, 0.05) is 19.3 Å². The lowest BCUT2D eigenvalue weighted by Crippen LogP contribution is -2.42. The summed E-state index contributed by atoms with van der Waals surface area (Å²) in [6, 6.07) is 1.71. The van der Waals surface area contributed by atoms with Crippen LogP contribution in [0, 0.1) is 0 Å². The first-order valence-electron chi connectivity index (χ1n) is 4.39. The Balaban J connectivity index is 2.23. The fraction of sp³-hybridized carbons (Fsp3) is 0.333. The molecule has 0 aromatic carbocycles. The van der Waals surface area contributed by atoms with Crippen LogP contribution in [0.3, 0.4) is 0 Å². The number of amides is 1. The quantitative estimate of drug-likeness (QED) is 0.823. The number of halogens is 1. The summed E-state index contributed by atoms with van der Waals surface area (Å²) in [5.74, 6) is 0.439. The number of aromatic nitrogens is 1. The first-order chi connectivity index (χ1) is 6.68. The smallest absolute Gasteiger partial charge is 0.255 e. The van der Waals surface area contributed by atoms with E-state index in [2.05, 4.69) is 20.9 Å². The second kappa shape index (κ2) is 3.57. The molecule has 2 heterocycles. The summed E-state index contributed by atoms with van der Waals surface area (Å²) in [6.45, 7) is 1.70. The number of hydrogen-bond donors (Lipinski definition) is 1. The van der Waals surface area contributed by atoms with Crippen molar-refractivity contribution in [1.29, 1.82) is 0 Å². The number of nitrogen functional groups attached to an aromatic ring is 1. The third-order valence-corrected chi connectivity index (χ3v) is 2.90. The van der Waals surface area contributed by atoms with Crippen molar-refractivity contribution >= 4 is 27.7 Å². The number of anilines is 1. The van der Waals surface area contributed by atoms with Crippen LogP contribution in [0.15, 0.2) is 16.7 Å². The Bertz CT molecular complexity index is 376. The van der Waals surface area contributed by atoms with Crippen LogP contribution in [0.5, 0.6) is 0 Å². The minimum atomic E-state index is 0.0319. The van der Waals surface area contributed by atoms with E-state index in [0.29, 0.717) is 15.9 Å². The molecule has 1 fully saturated rings. The van der Waals surface area contributed by atoms with Crippen LogP contribution in [0.4, 0.5) is 5.82 Å². The van der Waals surface area contributed by atoms with Crippen molar-refractivity contribution in [2.24, 2.45) is 0 Å². The van der Waals surface area contributed by atoms with Gasteiger partial charge >= 0.3 is 0 Å². The monoisotopic (exact) mass is 255 g/mol. The lowest BCUT2D eigenvalue weighted by Gasteiger charge is -2.30. The molecule has 1 saturated heterocycles. The zero-order valence-corrected chi connectivity index (χ0v) is 9.12. The minimum Gasteiger partial charge on any atom is -0.383 e. The third-order valence-electron chi connectivity index (χ3n) is 2.26. The number of carbonyl (C=O) groups excluding carboxylic acids is 1. The molecular weight excluding hydrogens is 246 g/mol. The van der Waals surface area contributed by atoms with Crippen molar-refractivity contribution < 1.29 is 4.79 Å². The zero-order chi connectivity index (χ0) is 10.1. The van der Waals surface area contributed by atoms with E-state index in [1.807, 2.05) is 0 Å². The molecule has 0 bridgehead atoms. The number of likely N-dealkylation sites (tertiary alicyclic amines) is 1. The topological polar surface area (TPSA) is 59.2 Å². The fourth-order valence-corrected chi connectivity index (χ4v) is 1.62. The standard InChI is InChI=1S/C9H10BrN3O/c10-7-4-6(5-12-8(7)11)9(14)13-2-1-3-13/h4-5H,1-3H2,(H2,11,12). The van der Waals surface area contributed by atoms with Gasteiger partial charge in [-0.15, -0.1) is 0 Å². The molecule has 0 atom stereocenters. The molecule has 0 aliphatic carbocycles. The van der Waals surface area contributed by atoms with E-state index in [0.717, 1.165) is 19.5 Å². The van der Waals surface area contributed by atoms with Crippen LogP contribution < -0.4 is 5.73 Å². The van der Waals surface area contributed by atoms with Crippen molar-refractivity contribution in [3.8, 4) is 0 Å². The minimum absolute atomic E-state index is 0.0319. The van der Waals surface area contributed by atoms with Crippen molar-refractivity contribution in [1.82, 2.24) is 9.88 Å². The van der Waals surface area contributed by atoms with Crippen molar-refractivity contribution in [3.63, 3.8) is 0 Å². The average molecular weight is 256 g/mol. The lowest BCUT2D eigenvalue weighted by atomic mass is 10.1. The van der Waals surface area contributed by atoms with Gasteiger partial charge < -0.3 is 10.6 Å². The molecule has 1 aliphatic rings. The van der Waals surface area contributed by atoms with Crippen LogP contribution in [-0.4, -0.2) is 28.9 Å². The summed E-state index contributed by atoms with van der Waals surface area (Å²) in [5.41, 5.74) is 6.12. The molecule has 1 amide bonds. The molecule has 4 nitrogen and oxygen atoms in total. The molecule has 0 radical (unpaired) electrons. The molecule has 1 aliphatic heterocycles. The molecule has 14 heavy (non-hydrogen) atoms. The van der Waals surface area contributed by atoms with Gasteiger partial charge in [-0.25, -0.2) is 4.98 Å². The Labute approximate surface area is 90.2 Å². The first-order valence-corrected chi connectivity index (χ1v) is 5.18. The Kier molecular flexibility index (Phi) is 2.41. The van der Waals surface area contributed by atoms with Gasteiger partial charge in [-0.05, 0) is 28.4 Å². The summed E-state index contributed by atoms with van der Waals surface area (Å²) in [5, 5.41) is 0. The summed E-state index contributed by atoms with van der Waals surface area (Å²) in [6.07, 6.45) is 2.61. The van der Waals surface area contributed by atoms with E-state index in [4.69, 9.17) is 5.73 Å². The van der Waals surface area contributed by atoms with Gasteiger partial charge in [0.1, 0.15) is 5.82 Å². The lowest BCUT2D eigenvalue weighted by molar-refractivity contribution is 0.0651. The fourth-order valence-electron chi connectivity index (χ4n) is 1.27. The van der Waals surface area contributed by atoms with E-state index in [9.17, 15) is 4.79 Å². The molecule has 1 aromatic heterocycles. The largest absolute Gasteiger partial charge is 0.383 e. The van der Waals surface area contributed by atoms with Crippen molar-refractivity contribution in [3.05, 3.63) is 22.3 Å². The summed E-state index contributed by atoms with van der Waals surface area (Å²) >= 11 is 3.25. The Hall–Kier alpha value is -1.10. The summed E-state index contributed by atoms with van der Waals surface area (Å²) in [4.78, 5) is 17.4. The molecule has 5 heteroatoms. The van der Waals surface area contributed by atoms with E-state index >= 15 is 0 Å². The third kappa shape index (κ3) is 1.59. The Morgan fingerprint density at radius 1 is 1.57 bits per heavy atom. The SMILES string of the molecule is Nc1ncc(C(=O)N2CCC2)cc1Br. The van der Waals surface area contributed by atoms with E-state index < -0.39 is 0 Å². The van der Waals surface area contributed by atoms with Gasteiger partial charge in [-0.1, -0.05) is 0 Å². The maximum absolute atomic E-state index is 11.7. The molecule has 0 spiro atoms.